The van der Waals surface area contributed by atoms with Gasteiger partial charge < -0.3 is 4.90 Å². The van der Waals surface area contributed by atoms with Crippen LogP contribution in [0.3, 0.4) is 0 Å². The van der Waals surface area contributed by atoms with Crippen LogP contribution >= 0.6 is 0 Å². The van der Waals surface area contributed by atoms with Gasteiger partial charge in [-0.1, -0.05) is 69.3 Å². The summed E-state index contributed by atoms with van der Waals surface area (Å²) in [6.45, 7) is 17.1. The van der Waals surface area contributed by atoms with Gasteiger partial charge in [0.2, 0.25) is 5.91 Å². The van der Waals surface area contributed by atoms with Crippen molar-refractivity contribution in [1.82, 2.24) is 4.90 Å². The lowest BCUT2D eigenvalue weighted by Gasteiger charge is -2.53. The number of nitrogens with zero attached hydrogens (tertiary/aromatic N) is 2. The maximum Gasteiger partial charge on any atom is 0.230 e. The van der Waals surface area contributed by atoms with Crippen LogP contribution in [0.1, 0.15) is 66.0 Å². The van der Waals surface area contributed by atoms with Crippen LogP contribution in [-0.2, 0) is 17.8 Å². The van der Waals surface area contributed by atoms with Gasteiger partial charge in [-0.3, -0.25) is 9.69 Å². The maximum absolute atomic E-state index is 14.2. The zero-order valence-electron chi connectivity index (χ0n) is 21.6. The van der Waals surface area contributed by atoms with E-state index in [4.69, 9.17) is 0 Å². The molecule has 4 rings (SSSR count). The molecule has 0 bridgehead atoms. The SMILES string of the molecule is CC(C(=O)N1c2ccccc2CCC1(C)C)C1C(C)C(C)N(Cc2ccccc2)C(C)C1C. The molecule has 0 aliphatic carbocycles. The number of aryl methyl sites for hydroxylation is 1. The van der Waals surface area contributed by atoms with Gasteiger partial charge in [-0.15, -0.1) is 0 Å². The highest BCUT2D eigenvalue weighted by atomic mass is 16.2. The Bertz CT molecular complexity index is 952. The molecule has 5 unspecified atom stereocenters. The summed E-state index contributed by atoms with van der Waals surface area (Å²) in [6, 6.07) is 20.1. The van der Waals surface area contributed by atoms with Gasteiger partial charge in [0.15, 0.2) is 0 Å². The van der Waals surface area contributed by atoms with Crippen LogP contribution < -0.4 is 4.90 Å². The lowest BCUT2D eigenvalue weighted by atomic mass is 9.66. The fraction of sp³-hybridized carbons (Fsp3) is 0.567. The highest BCUT2D eigenvalue weighted by Crippen LogP contribution is 2.45. The number of fused-ring (bicyclic) bond motifs is 1. The van der Waals surface area contributed by atoms with E-state index in [1.54, 1.807) is 0 Å². The third-order valence-corrected chi connectivity index (χ3v) is 9.02. The minimum absolute atomic E-state index is 0.00999. The smallest absolute Gasteiger partial charge is 0.230 e. The predicted molar refractivity (Wildman–Crippen MR) is 138 cm³/mol. The van der Waals surface area contributed by atoms with E-state index >= 15 is 0 Å². The van der Waals surface area contributed by atoms with E-state index in [1.165, 1.54) is 11.1 Å². The Morgan fingerprint density at radius 2 is 1.52 bits per heavy atom. The van der Waals surface area contributed by atoms with Crippen LogP contribution in [0, 0.1) is 23.7 Å². The minimum atomic E-state index is -0.155. The molecule has 2 aliphatic heterocycles. The molecule has 0 saturated carbocycles. The zero-order valence-corrected chi connectivity index (χ0v) is 21.6. The Balaban J connectivity index is 1.59. The van der Waals surface area contributed by atoms with Crippen LogP contribution in [-0.4, -0.2) is 28.4 Å². The quantitative estimate of drug-likeness (QED) is 0.531. The van der Waals surface area contributed by atoms with Gasteiger partial charge in [-0.05, 0) is 75.5 Å². The van der Waals surface area contributed by atoms with E-state index in [9.17, 15) is 4.79 Å². The summed E-state index contributed by atoms with van der Waals surface area (Å²) < 4.78 is 0. The van der Waals surface area contributed by atoms with Crippen molar-refractivity contribution in [3.05, 3.63) is 65.7 Å². The van der Waals surface area contributed by atoms with Crippen molar-refractivity contribution in [1.29, 1.82) is 0 Å². The monoisotopic (exact) mass is 446 g/mol. The molecule has 178 valence electrons. The van der Waals surface area contributed by atoms with Crippen molar-refractivity contribution in [3.63, 3.8) is 0 Å². The molecule has 2 aromatic rings. The number of carbonyl (C=O) groups excluding carboxylic acids is 1. The third kappa shape index (κ3) is 4.37. The van der Waals surface area contributed by atoms with E-state index in [0.29, 0.717) is 35.7 Å². The molecule has 33 heavy (non-hydrogen) atoms. The van der Waals surface area contributed by atoms with E-state index in [2.05, 4.69) is 113 Å². The average molecular weight is 447 g/mol. The fourth-order valence-electron chi connectivity index (χ4n) is 6.69. The molecule has 0 radical (unpaired) electrons. The lowest BCUT2D eigenvalue weighted by Crippen LogP contribution is -2.59. The molecule has 2 aromatic carbocycles. The summed E-state index contributed by atoms with van der Waals surface area (Å²) in [6.07, 6.45) is 2.05. The third-order valence-electron chi connectivity index (χ3n) is 9.02. The second-order valence-corrected chi connectivity index (χ2v) is 11.3. The van der Waals surface area contributed by atoms with Crippen LogP contribution in [0.2, 0.25) is 0 Å². The molecule has 0 spiro atoms. The first-order chi connectivity index (χ1) is 15.6. The maximum atomic E-state index is 14.2. The van der Waals surface area contributed by atoms with Gasteiger partial charge in [0.05, 0.1) is 0 Å². The van der Waals surface area contributed by atoms with Crippen molar-refractivity contribution in [2.24, 2.45) is 23.7 Å². The molecule has 5 atom stereocenters. The molecular weight excluding hydrogens is 404 g/mol. The standard InChI is InChI=1S/C30H42N2O/c1-20-23(4)31(19-25-13-9-8-10-14-25)24(5)21(2)28(20)22(3)29(33)32-27-16-12-11-15-26(27)17-18-30(32,6)7/h8-16,20-24,28H,17-19H2,1-7H3. The second kappa shape index (κ2) is 9.25. The highest BCUT2D eigenvalue weighted by molar-refractivity contribution is 5.97. The van der Waals surface area contributed by atoms with Crippen LogP contribution in [0.15, 0.2) is 54.6 Å². The number of piperidine rings is 1. The second-order valence-electron chi connectivity index (χ2n) is 11.3. The number of benzene rings is 2. The summed E-state index contributed by atoms with van der Waals surface area (Å²) in [5.74, 6) is 1.54. The summed E-state index contributed by atoms with van der Waals surface area (Å²) >= 11 is 0. The van der Waals surface area contributed by atoms with Gasteiger partial charge in [0.25, 0.3) is 0 Å². The molecule has 3 heteroatoms. The average Bonchev–Trinajstić information content (AvgIpc) is 2.80. The molecule has 2 aliphatic rings. The van der Waals surface area contributed by atoms with E-state index in [0.717, 1.165) is 25.1 Å². The van der Waals surface area contributed by atoms with Gasteiger partial charge in [0, 0.05) is 35.8 Å². The molecule has 0 aromatic heterocycles. The molecule has 0 N–H and O–H groups in total. The lowest BCUT2D eigenvalue weighted by molar-refractivity contribution is -0.130. The number of carbonyl (C=O) groups is 1. The summed E-state index contributed by atoms with van der Waals surface area (Å²) in [5, 5.41) is 0. The molecule has 1 amide bonds. The van der Waals surface area contributed by atoms with Crippen molar-refractivity contribution in [2.45, 2.75) is 85.5 Å². The number of hydrogen-bond donors (Lipinski definition) is 0. The normalized spacial score (nSPS) is 30.5. The Morgan fingerprint density at radius 1 is 0.939 bits per heavy atom. The zero-order chi connectivity index (χ0) is 23.9. The molecule has 1 fully saturated rings. The molecule has 3 nitrogen and oxygen atoms in total. The van der Waals surface area contributed by atoms with Gasteiger partial charge in [0.1, 0.15) is 0 Å². The van der Waals surface area contributed by atoms with Crippen LogP contribution in [0.5, 0.6) is 0 Å². The Morgan fingerprint density at radius 3 is 2.15 bits per heavy atom. The van der Waals surface area contributed by atoms with Crippen molar-refractivity contribution in [3.8, 4) is 0 Å². The summed E-state index contributed by atoms with van der Waals surface area (Å²) in [7, 11) is 0. The van der Waals surface area contributed by atoms with Gasteiger partial charge in [-0.2, -0.15) is 0 Å². The van der Waals surface area contributed by atoms with Crippen LogP contribution in [0.25, 0.3) is 0 Å². The first-order valence-electron chi connectivity index (χ1n) is 12.8. The number of hydrogen-bond acceptors (Lipinski definition) is 2. The van der Waals surface area contributed by atoms with Crippen LogP contribution in [0.4, 0.5) is 5.69 Å². The number of rotatable bonds is 4. The van der Waals surface area contributed by atoms with E-state index in [-0.39, 0.29) is 11.5 Å². The van der Waals surface area contributed by atoms with Crippen molar-refractivity contribution in [2.75, 3.05) is 4.90 Å². The number of para-hydroxylation sites is 1. The summed E-state index contributed by atoms with van der Waals surface area (Å²) in [4.78, 5) is 19.0. The minimum Gasteiger partial charge on any atom is -0.306 e. The van der Waals surface area contributed by atoms with E-state index < -0.39 is 0 Å². The first-order valence-corrected chi connectivity index (χ1v) is 12.8. The van der Waals surface area contributed by atoms with E-state index in [1.807, 2.05) is 0 Å². The highest BCUT2D eigenvalue weighted by Gasteiger charge is 2.48. The number of anilines is 1. The fourth-order valence-corrected chi connectivity index (χ4v) is 6.69. The predicted octanol–water partition coefficient (Wildman–Crippen LogP) is 6.56. The topological polar surface area (TPSA) is 23.6 Å². The Labute approximate surface area is 201 Å². The number of likely N-dealkylation sites (tertiary alicyclic amines) is 1. The van der Waals surface area contributed by atoms with Gasteiger partial charge >= 0.3 is 0 Å². The van der Waals surface area contributed by atoms with Gasteiger partial charge in [-0.25, -0.2) is 0 Å². The van der Waals surface area contributed by atoms with Crippen molar-refractivity contribution < 1.29 is 4.79 Å². The summed E-state index contributed by atoms with van der Waals surface area (Å²) in [5.41, 5.74) is 3.63. The van der Waals surface area contributed by atoms with Crippen molar-refractivity contribution >= 4 is 11.6 Å². The number of amides is 1. The molecular formula is C30H42N2O. The molecule has 2 heterocycles. The largest absolute Gasteiger partial charge is 0.306 e. The Kier molecular flexibility index (Phi) is 6.73. The molecule has 1 saturated heterocycles. The Hall–Kier alpha value is -2.13. The first kappa shape index (κ1) is 24.0.